The van der Waals surface area contributed by atoms with E-state index in [1.165, 1.54) is 24.3 Å². The molecule has 0 radical (unpaired) electrons. The standard InChI is InChI=1S/C22H18F3N3O5S2/c1-3-32-21(31)11(2)33-19(29)7-15-13-9-34-10-14(13)20(30)28(27-15)8-18-26-16-6-12(22(23,24)25)4-5-17(16)35-18/h4-6,9-11H,3,7-8H2,1-2H3. The number of rotatable bonds is 7. The van der Waals surface area contributed by atoms with Crippen molar-refractivity contribution in [3.63, 3.8) is 0 Å². The molecule has 0 saturated heterocycles. The highest BCUT2D eigenvalue weighted by Gasteiger charge is 2.31. The number of thiophene rings is 1. The highest BCUT2D eigenvalue weighted by Crippen LogP contribution is 2.33. The molecule has 1 atom stereocenters. The molecule has 0 fully saturated rings. The van der Waals surface area contributed by atoms with Gasteiger partial charge in [-0.2, -0.15) is 29.6 Å². The quantitative estimate of drug-likeness (QED) is 0.334. The highest BCUT2D eigenvalue weighted by molar-refractivity contribution is 7.18. The molecule has 1 aromatic carbocycles. The first-order chi connectivity index (χ1) is 16.6. The molecular formula is C22H18F3N3O5S2. The van der Waals surface area contributed by atoms with Crippen LogP contribution < -0.4 is 5.56 Å². The van der Waals surface area contributed by atoms with Gasteiger partial charge in [0.15, 0.2) is 6.10 Å². The van der Waals surface area contributed by atoms with Crippen LogP contribution in [0.25, 0.3) is 21.0 Å². The van der Waals surface area contributed by atoms with Gasteiger partial charge in [0, 0.05) is 16.1 Å². The van der Waals surface area contributed by atoms with E-state index in [4.69, 9.17) is 9.47 Å². The number of ether oxygens (including phenoxy) is 2. The Bertz CT molecular complexity index is 1470. The van der Waals surface area contributed by atoms with Gasteiger partial charge in [-0.25, -0.2) is 14.5 Å². The molecule has 4 aromatic rings. The maximum Gasteiger partial charge on any atom is 0.416 e. The highest BCUT2D eigenvalue weighted by atomic mass is 32.1. The molecule has 1 unspecified atom stereocenters. The summed E-state index contributed by atoms with van der Waals surface area (Å²) < 4.78 is 50.6. The number of benzene rings is 1. The number of halogens is 3. The fourth-order valence-electron chi connectivity index (χ4n) is 3.34. The van der Waals surface area contributed by atoms with Gasteiger partial charge in [-0.1, -0.05) is 0 Å². The van der Waals surface area contributed by atoms with E-state index < -0.39 is 35.3 Å². The van der Waals surface area contributed by atoms with Gasteiger partial charge in [0.25, 0.3) is 5.56 Å². The van der Waals surface area contributed by atoms with Gasteiger partial charge in [0.2, 0.25) is 0 Å². The monoisotopic (exact) mass is 525 g/mol. The van der Waals surface area contributed by atoms with Gasteiger partial charge in [0.1, 0.15) is 5.01 Å². The lowest BCUT2D eigenvalue weighted by Gasteiger charge is -2.12. The minimum absolute atomic E-state index is 0.0907. The fourth-order valence-corrected chi connectivity index (χ4v) is 5.10. The average molecular weight is 526 g/mol. The van der Waals surface area contributed by atoms with Crippen LogP contribution in [-0.4, -0.2) is 39.4 Å². The average Bonchev–Trinajstić information content (AvgIpc) is 3.43. The summed E-state index contributed by atoms with van der Waals surface area (Å²) in [7, 11) is 0. The Morgan fingerprint density at radius 3 is 2.66 bits per heavy atom. The summed E-state index contributed by atoms with van der Waals surface area (Å²) in [5.74, 6) is -1.40. The second-order valence-corrected chi connectivity index (χ2v) is 9.32. The first-order valence-corrected chi connectivity index (χ1v) is 12.1. The van der Waals surface area contributed by atoms with Crippen LogP contribution in [0.2, 0.25) is 0 Å². The van der Waals surface area contributed by atoms with Crippen molar-refractivity contribution in [2.75, 3.05) is 6.61 Å². The van der Waals surface area contributed by atoms with E-state index in [9.17, 15) is 27.6 Å². The molecule has 0 amide bonds. The van der Waals surface area contributed by atoms with Gasteiger partial charge in [-0.15, -0.1) is 11.3 Å². The smallest absolute Gasteiger partial charge is 0.416 e. The van der Waals surface area contributed by atoms with Crippen LogP contribution in [0.3, 0.4) is 0 Å². The number of esters is 2. The molecule has 0 bridgehead atoms. The zero-order valence-electron chi connectivity index (χ0n) is 18.4. The van der Waals surface area contributed by atoms with Gasteiger partial charge in [-0.05, 0) is 32.0 Å². The molecule has 3 heterocycles. The van der Waals surface area contributed by atoms with E-state index in [2.05, 4.69) is 10.1 Å². The Hall–Kier alpha value is -3.32. The molecule has 184 valence electrons. The summed E-state index contributed by atoms with van der Waals surface area (Å²) in [4.78, 5) is 41.3. The maximum absolute atomic E-state index is 13.0. The van der Waals surface area contributed by atoms with Crippen LogP contribution >= 0.6 is 22.7 Å². The Kier molecular flexibility index (Phi) is 6.90. The zero-order chi connectivity index (χ0) is 25.3. The third-order valence-electron chi connectivity index (χ3n) is 4.96. The summed E-state index contributed by atoms with van der Waals surface area (Å²) in [5, 5.41) is 8.82. The van der Waals surface area contributed by atoms with Crippen LogP contribution in [0.5, 0.6) is 0 Å². The molecule has 8 nitrogen and oxygen atoms in total. The minimum atomic E-state index is -4.49. The number of hydrogen-bond acceptors (Lipinski definition) is 9. The normalized spacial score (nSPS) is 12.7. The molecular weight excluding hydrogens is 507 g/mol. The van der Waals surface area contributed by atoms with E-state index in [1.54, 1.807) is 17.7 Å². The van der Waals surface area contributed by atoms with E-state index in [-0.39, 0.29) is 30.8 Å². The summed E-state index contributed by atoms with van der Waals surface area (Å²) in [6.07, 6.45) is -5.89. The lowest BCUT2D eigenvalue weighted by molar-refractivity contribution is -0.165. The first-order valence-electron chi connectivity index (χ1n) is 10.4. The SMILES string of the molecule is CCOC(=O)C(C)OC(=O)Cc1nn(Cc2nc3cc(C(F)(F)F)ccc3s2)c(=O)c2cscc12. The van der Waals surface area contributed by atoms with Crippen molar-refractivity contribution in [2.24, 2.45) is 0 Å². The number of hydrogen-bond donors (Lipinski definition) is 0. The van der Waals surface area contributed by atoms with Crippen LogP contribution in [0.1, 0.15) is 30.1 Å². The molecule has 3 aromatic heterocycles. The van der Waals surface area contributed by atoms with Crippen molar-refractivity contribution in [1.29, 1.82) is 0 Å². The lowest BCUT2D eigenvalue weighted by Crippen LogP contribution is -2.28. The summed E-state index contributed by atoms with van der Waals surface area (Å²) in [6, 6.07) is 3.27. The van der Waals surface area contributed by atoms with Crippen LogP contribution in [0.4, 0.5) is 13.2 Å². The fraction of sp³-hybridized carbons (Fsp3) is 0.318. The second kappa shape index (κ2) is 9.74. The zero-order valence-corrected chi connectivity index (χ0v) is 20.1. The number of carbonyl (C=O) groups excluding carboxylic acids is 2. The largest absolute Gasteiger partial charge is 0.463 e. The van der Waals surface area contributed by atoms with Gasteiger partial charge in [0.05, 0.1) is 46.4 Å². The van der Waals surface area contributed by atoms with Crippen LogP contribution in [-0.2, 0) is 38.2 Å². The van der Waals surface area contributed by atoms with E-state index in [0.717, 1.165) is 28.2 Å². The van der Waals surface area contributed by atoms with E-state index in [0.29, 0.717) is 20.5 Å². The van der Waals surface area contributed by atoms with Crippen molar-refractivity contribution in [1.82, 2.24) is 14.8 Å². The molecule has 0 N–H and O–H groups in total. The van der Waals surface area contributed by atoms with Crippen LogP contribution in [0.15, 0.2) is 33.8 Å². The molecule has 35 heavy (non-hydrogen) atoms. The predicted octanol–water partition coefficient (Wildman–Crippen LogP) is 4.17. The minimum Gasteiger partial charge on any atom is -0.463 e. The van der Waals surface area contributed by atoms with Crippen molar-refractivity contribution < 1.29 is 32.2 Å². The van der Waals surface area contributed by atoms with Gasteiger partial charge in [-0.3, -0.25) is 9.59 Å². The topological polar surface area (TPSA) is 100 Å². The maximum atomic E-state index is 13.0. The summed E-state index contributed by atoms with van der Waals surface area (Å²) in [5.41, 5.74) is -0.799. The number of aromatic nitrogens is 3. The van der Waals surface area contributed by atoms with Crippen molar-refractivity contribution in [3.8, 4) is 0 Å². The molecule has 4 rings (SSSR count). The molecule has 0 aliphatic heterocycles. The van der Waals surface area contributed by atoms with Crippen LogP contribution in [0, 0.1) is 0 Å². The molecule has 0 aliphatic rings. The van der Waals surface area contributed by atoms with Crippen molar-refractivity contribution >= 4 is 55.6 Å². The Morgan fingerprint density at radius 2 is 1.94 bits per heavy atom. The summed E-state index contributed by atoms with van der Waals surface area (Å²) in [6.45, 7) is 3.08. The molecule has 13 heteroatoms. The molecule has 0 saturated carbocycles. The Morgan fingerprint density at radius 1 is 1.20 bits per heavy atom. The van der Waals surface area contributed by atoms with Gasteiger partial charge >= 0.3 is 18.1 Å². The lowest BCUT2D eigenvalue weighted by atomic mass is 10.2. The number of nitrogens with zero attached hydrogens (tertiary/aromatic N) is 3. The van der Waals surface area contributed by atoms with Gasteiger partial charge < -0.3 is 9.47 Å². The number of alkyl halides is 3. The Labute approximate surface area is 203 Å². The number of carbonyl (C=O) groups is 2. The summed E-state index contributed by atoms with van der Waals surface area (Å²) >= 11 is 2.40. The number of thiazole rings is 1. The van der Waals surface area contributed by atoms with E-state index >= 15 is 0 Å². The third-order valence-corrected chi connectivity index (χ3v) is 6.73. The number of fused-ring (bicyclic) bond motifs is 2. The second-order valence-electron chi connectivity index (χ2n) is 7.46. The molecule has 0 aliphatic carbocycles. The first kappa shape index (κ1) is 24.8. The predicted molar refractivity (Wildman–Crippen MR) is 123 cm³/mol. The van der Waals surface area contributed by atoms with Crippen molar-refractivity contribution in [3.05, 3.63) is 55.6 Å². The molecule has 0 spiro atoms. The third kappa shape index (κ3) is 5.35. The van der Waals surface area contributed by atoms with E-state index in [1.807, 2.05) is 0 Å². The Balaban J connectivity index is 1.62. The van der Waals surface area contributed by atoms with Crippen molar-refractivity contribution in [2.45, 2.75) is 39.1 Å².